The van der Waals surface area contributed by atoms with Crippen molar-refractivity contribution in [1.29, 1.82) is 0 Å². The summed E-state index contributed by atoms with van der Waals surface area (Å²) < 4.78 is 7.61. The van der Waals surface area contributed by atoms with E-state index in [2.05, 4.69) is 47.6 Å². The Labute approximate surface area is 205 Å². The number of pyridine rings is 1. The molecule has 1 N–H and O–H groups in total. The van der Waals surface area contributed by atoms with Gasteiger partial charge in [-0.2, -0.15) is 5.10 Å². The van der Waals surface area contributed by atoms with Gasteiger partial charge >= 0.3 is 5.97 Å². The van der Waals surface area contributed by atoms with Gasteiger partial charge in [-0.25, -0.2) is 4.79 Å². The minimum Gasteiger partial charge on any atom is -0.482 e. The summed E-state index contributed by atoms with van der Waals surface area (Å²) in [4.78, 5) is 15.3. The topological polar surface area (TPSA) is 77.2 Å². The van der Waals surface area contributed by atoms with Crippen LogP contribution in [0.3, 0.4) is 0 Å². The van der Waals surface area contributed by atoms with Gasteiger partial charge in [-0.3, -0.25) is 9.67 Å². The molecule has 2 aromatic heterocycles. The standard InChI is InChI=1S/C29H29N3O3/c33-28(34)20-35-27-13-5-11-25-21(9-4-12-26(25)27)14-16-32-19-24(18-31-32)29(22-7-2-1-3-8-22)23-10-6-15-30-17-23/h1-3,5-8,10-11,13,15,17-19,21,29H,4,9,12,14,16,20H2,(H,33,34). The third kappa shape index (κ3) is 5.27. The minimum absolute atomic E-state index is 0.0861. The van der Waals surface area contributed by atoms with Gasteiger partial charge in [0.1, 0.15) is 5.75 Å². The van der Waals surface area contributed by atoms with Crippen LogP contribution in [0.4, 0.5) is 0 Å². The molecule has 0 bridgehead atoms. The number of nitrogens with zero attached hydrogens (tertiary/aromatic N) is 3. The van der Waals surface area contributed by atoms with Crippen LogP contribution in [-0.2, 0) is 17.8 Å². The summed E-state index contributed by atoms with van der Waals surface area (Å²) in [6.07, 6.45) is 11.9. The number of carbonyl (C=O) groups is 1. The van der Waals surface area contributed by atoms with Crippen LogP contribution < -0.4 is 4.74 Å². The van der Waals surface area contributed by atoms with Crippen LogP contribution in [0.15, 0.2) is 85.5 Å². The SMILES string of the molecule is O=C(O)COc1cccc2c1CCCC2CCn1cc(C(c2ccccc2)c2cccnc2)cn1. The van der Waals surface area contributed by atoms with Gasteiger partial charge < -0.3 is 9.84 Å². The molecule has 6 heteroatoms. The van der Waals surface area contributed by atoms with Crippen molar-refractivity contribution >= 4 is 5.97 Å². The Morgan fingerprint density at radius 1 is 1.03 bits per heavy atom. The first-order valence-corrected chi connectivity index (χ1v) is 12.1. The van der Waals surface area contributed by atoms with Crippen molar-refractivity contribution in [2.75, 3.05) is 6.61 Å². The van der Waals surface area contributed by atoms with E-state index >= 15 is 0 Å². The molecule has 2 atom stereocenters. The van der Waals surface area contributed by atoms with Gasteiger partial charge in [0.25, 0.3) is 0 Å². The largest absolute Gasteiger partial charge is 0.482 e. The predicted molar refractivity (Wildman–Crippen MR) is 134 cm³/mol. The molecule has 4 aromatic rings. The second kappa shape index (κ2) is 10.6. The van der Waals surface area contributed by atoms with E-state index in [4.69, 9.17) is 14.9 Å². The normalized spacial score (nSPS) is 15.8. The quantitative estimate of drug-likeness (QED) is 0.355. The van der Waals surface area contributed by atoms with E-state index in [-0.39, 0.29) is 12.5 Å². The molecular weight excluding hydrogens is 438 g/mol. The van der Waals surface area contributed by atoms with Crippen molar-refractivity contribution in [3.63, 3.8) is 0 Å². The Bertz CT molecular complexity index is 1230. The maximum atomic E-state index is 11.0. The molecule has 0 saturated carbocycles. The third-order valence-corrected chi connectivity index (χ3v) is 6.78. The number of benzene rings is 2. The number of aliphatic carboxylic acids is 1. The van der Waals surface area contributed by atoms with E-state index in [1.54, 1.807) is 6.20 Å². The van der Waals surface area contributed by atoms with Crippen LogP contribution in [0, 0.1) is 0 Å². The van der Waals surface area contributed by atoms with E-state index in [1.807, 2.05) is 41.3 Å². The number of hydrogen-bond acceptors (Lipinski definition) is 4. The maximum Gasteiger partial charge on any atom is 0.341 e. The van der Waals surface area contributed by atoms with Gasteiger partial charge in [-0.1, -0.05) is 48.5 Å². The summed E-state index contributed by atoms with van der Waals surface area (Å²) >= 11 is 0. The van der Waals surface area contributed by atoms with Crippen molar-refractivity contribution < 1.29 is 14.6 Å². The van der Waals surface area contributed by atoms with E-state index in [0.717, 1.165) is 48.9 Å². The summed E-state index contributed by atoms with van der Waals surface area (Å²) in [7, 11) is 0. The van der Waals surface area contributed by atoms with E-state index in [0.29, 0.717) is 11.7 Å². The lowest BCUT2D eigenvalue weighted by Gasteiger charge is -2.27. The zero-order valence-electron chi connectivity index (χ0n) is 19.6. The Morgan fingerprint density at radius 3 is 2.69 bits per heavy atom. The summed E-state index contributed by atoms with van der Waals surface area (Å²) in [5.74, 6) is 0.244. The molecule has 6 nitrogen and oxygen atoms in total. The first-order valence-electron chi connectivity index (χ1n) is 12.1. The van der Waals surface area contributed by atoms with Gasteiger partial charge in [0.15, 0.2) is 6.61 Å². The number of ether oxygens (including phenoxy) is 1. The van der Waals surface area contributed by atoms with Crippen LogP contribution in [0.1, 0.15) is 58.9 Å². The predicted octanol–water partition coefficient (Wildman–Crippen LogP) is 5.43. The van der Waals surface area contributed by atoms with Crippen LogP contribution in [0.25, 0.3) is 0 Å². The number of hydrogen-bond donors (Lipinski definition) is 1. The Kier molecular flexibility index (Phi) is 6.89. The fraction of sp³-hybridized carbons (Fsp3) is 0.276. The molecule has 0 spiro atoms. The first-order chi connectivity index (χ1) is 17.2. The maximum absolute atomic E-state index is 11.0. The minimum atomic E-state index is -0.954. The van der Waals surface area contributed by atoms with Gasteiger partial charge in [-0.05, 0) is 66.0 Å². The highest BCUT2D eigenvalue weighted by molar-refractivity contribution is 5.68. The second-order valence-corrected chi connectivity index (χ2v) is 9.05. The Balaban J connectivity index is 1.33. The first kappa shape index (κ1) is 22.8. The highest BCUT2D eigenvalue weighted by Crippen LogP contribution is 2.39. The Morgan fingerprint density at radius 2 is 1.89 bits per heavy atom. The summed E-state index contributed by atoms with van der Waals surface area (Å²) in [5.41, 5.74) is 5.96. The molecule has 178 valence electrons. The van der Waals surface area contributed by atoms with Gasteiger partial charge in [0.2, 0.25) is 0 Å². The summed E-state index contributed by atoms with van der Waals surface area (Å²) in [6.45, 7) is 0.509. The number of aryl methyl sites for hydroxylation is 1. The summed E-state index contributed by atoms with van der Waals surface area (Å²) in [6, 6.07) is 20.6. The van der Waals surface area contributed by atoms with Crippen molar-refractivity contribution in [3.8, 4) is 5.75 Å². The fourth-order valence-electron chi connectivity index (χ4n) is 5.20. The fourth-order valence-corrected chi connectivity index (χ4v) is 5.20. The monoisotopic (exact) mass is 467 g/mol. The molecule has 5 rings (SSSR count). The molecule has 35 heavy (non-hydrogen) atoms. The number of aromatic nitrogens is 3. The number of carboxylic acid groups (broad SMARTS) is 1. The lowest BCUT2D eigenvalue weighted by molar-refractivity contribution is -0.139. The van der Waals surface area contributed by atoms with Gasteiger partial charge in [0, 0.05) is 36.6 Å². The number of rotatable bonds is 9. The van der Waals surface area contributed by atoms with Gasteiger partial charge in [0.05, 0.1) is 6.20 Å². The van der Waals surface area contributed by atoms with Crippen molar-refractivity contribution in [1.82, 2.24) is 14.8 Å². The third-order valence-electron chi connectivity index (χ3n) is 6.78. The molecule has 0 aliphatic heterocycles. The molecule has 2 aromatic carbocycles. The zero-order valence-corrected chi connectivity index (χ0v) is 19.6. The van der Waals surface area contributed by atoms with Crippen LogP contribution in [-0.4, -0.2) is 32.4 Å². The Hall–Kier alpha value is -3.93. The summed E-state index contributed by atoms with van der Waals surface area (Å²) in [5, 5.41) is 13.7. The average Bonchev–Trinajstić information content (AvgIpc) is 3.36. The van der Waals surface area contributed by atoms with Gasteiger partial charge in [-0.15, -0.1) is 0 Å². The van der Waals surface area contributed by atoms with Crippen molar-refractivity contribution in [2.45, 2.75) is 44.1 Å². The zero-order chi connectivity index (χ0) is 24.0. The lowest BCUT2D eigenvalue weighted by atomic mass is 9.80. The molecule has 1 aliphatic carbocycles. The van der Waals surface area contributed by atoms with E-state index < -0.39 is 5.97 Å². The number of fused-ring (bicyclic) bond motifs is 1. The molecular formula is C29H29N3O3. The number of carboxylic acids is 1. The van der Waals surface area contributed by atoms with Crippen molar-refractivity contribution in [3.05, 3.63) is 113 Å². The molecule has 2 heterocycles. The van der Waals surface area contributed by atoms with Crippen molar-refractivity contribution in [2.24, 2.45) is 0 Å². The highest BCUT2D eigenvalue weighted by Gasteiger charge is 2.24. The van der Waals surface area contributed by atoms with Crippen LogP contribution >= 0.6 is 0 Å². The molecule has 0 saturated heterocycles. The second-order valence-electron chi connectivity index (χ2n) is 9.05. The highest BCUT2D eigenvalue weighted by atomic mass is 16.5. The smallest absolute Gasteiger partial charge is 0.341 e. The molecule has 0 radical (unpaired) electrons. The lowest BCUT2D eigenvalue weighted by Crippen LogP contribution is -2.16. The van der Waals surface area contributed by atoms with Crippen LogP contribution in [0.5, 0.6) is 5.75 Å². The average molecular weight is 468 g/mol. The van der Waals surface area contributed by atoms with E-state index in [9.17, 15) is 4.79 Å². The molecule has 2 unspecified atom stereocenters. The molecule has 1 aliphatic rings. The molecule has 0 amide bonds. The molecule has 0 fully saturated rings. The van der Waals surface area contributed by atoms with Crippen LogP contribution in [0.2, 0.25) is 0 Å². The van der Waals surface area contributed by atoms with E-state index in [1.165, 1.54) is 11.1 Å².